The number of aromatic nitrogens is 3. The standard InChI is InChI=1S/C16H16N4O2S/c1-11-4-5-12(10-21)7-14(11)17-16(22)15-9-20(19-18-15)8-13-3-2-6-23-13/h2-7,9,21H,8,10H2,1H3,(H,17,22). The molecule has 118 valence electrons. The molecule has 3 rings (SSSR count). The topological polar surface area (TPSA) is 80.0 Å². The zero-order valence-corrected chi connectivity index (χ0v) is 13.4. The molecule has 0 fully saturated rings. The Labute approximate surface area is 137 Å². The second-order valence-electron chi connectivity index (χ2n) is 5.14. The fourth-order valence-corrected chi connectivity index (χ4v) is 2.83. The van der Waals surface area contributed by atoms with Crippen molar-refractivity contribution in [3.05, 3.63) is 63.6 Å². The van der Waals surface area contributed by atoms with Gasteiger partial charge in [-0.05, 0) is 35.6 Å². The molecule has 0 saturated heterocycles. The number of carbonyl (C=O) groups excluding carboxylic acids is 1. The van der Waals surface area contributed by atoms with Crippen LogP contribution < -0.4 is 5.32 Å². The second-order valence-corrected chi connectivity index (χ2v) is 6.17. The number of hydrogen-bond donors (Lipinski definition) is 2. The number of carbonyl (C=O) groups is 1. The molecule has 1 aromatic carbocycles. The highest BCUT2D eigenvalue weighted by Gasteiger charge is 2.13. The van der Waals surface area contributed by atoms with Crippen LogP contribution in [0.15, 0.2) is 41.9 Å². The minimum atomic E-state index is -0.319. The van der Waals surface area contributed by atoms with Gasteiger partial charge in [-0.15, -0.1) is 16.4 Å². The number of benzene rings is 1. The molecule has 23 heavy (non-hydrogen) atoms. The molecule has 0 bridgehead atoms. The van der Waals surface area contributed by atoms with E-state index in [0.29, 0.717) is 12.2 Å². The van der Waals surface area contributed by atoms with Crippen LogP contribution in [0.5, 0.6) is 0 Å². The van der Waals surface area contributed by atoms with E-state index in [1.165, 1.54) is 0 Å². The average Bonchev–Trinajstić information content (AvgIpc) is 3.22. The molecule has 0 saturated carbocycles. The van der Waals surface area contributed by atoms with Gasteiger partial charge in [-0.2, -0.15) is 0 Å². The predicted molar refractivity (Wildman–Crippen MR) is 88.5 cm³/mol. The first kappa shape index (κ1) is 15.4. The quantitative estimate of drug-likeness (QED) is 0.754. The Morgan fingerprint density at radius 3 is 3.00 bits per heavy atom. The summed E-state index contributed by atoms with van der Waals surface area (Å²) in [6, 6.07) is 9.41. The number of amides is 1. The molecule has 2 heterocycles. The Bertz CT molecular complexity index is 811. The van der Waals surface area contributed by atoms with Crippen LogP contribution >= 0.6 is 11.3 Å². The molecule has 0 atom stereocenters. The highest BCUT2D eigenvalue weighted by atomic mass is 32.1. The highest BCUT2D eigenvalue weighted by molar-refractivity contribution is 7.09. The van der Waals surface area contributed by atoms with Crippen molar-refractivity contribution in [1.29, 1.82) is 0 Å². The van der Waals surface area contributed by atoms with Crippen molar-refractivity contribution in [3.8, 4) is 0 Å². The second kappa shape index (κ2) is 6.72. The summed E-state index contributed by atoms with van der Waals surface area (Å²) in [5.41, 5.74) is 2.58. The summed E-state index contributed by atoms with van der Waals surface area (Å²) >= 11 is 1.63. The summed E-state index contributed by atoms with van der Waals surface area (Å²) < 4.78 is 1.64. The van der Waals surface area contributed by atoms with Gasteiger partial charge in [0.25, 0.3) is 5.91 Å². The van der Waals surface area contributed by atoms with Crippen LogP contribution in [0.25, 0.3) is 0 Å². The zero-order valence-electron chi connectivity index (χ0n) is 12.6. The van der Waals surface area contributed by atoms with Gasteiger partial charge < -0.3 is 10.4 Å². The number of aliphatic hydroxyl groups is 1. The van der Waals surface area contributed by atoms with Crippen molar-refractivity contribution in [1.82, 2.24) is 15.0 Å². The molecule has 0 spiro atoms. The van der Waals surface area contributed by atoms with E-state index in [-0.39, 0.29) is 18.2 Å². The number of aryl methyl sites for hydroxylation is 1. The van der Waals surface area contributed by atoms with E-state index < -0.39 is 0 Å². The molecular weight excluding hydrogens is 312 g/mol. The summed E-state index contributed by atoms with van der Waals surface area (Å²) in [6.07, 6.45) is 1.63. The van der Waals surface area contributed by atoms with Crippen molar-refractivity contribution in [2.24, 2.45) is 0 Å². The van der Waals surface area contributed by atoms with Crippen molar-refractivity contribution < 1.29 is 9.90 Å². The molecule has 3 aromatic rings. The van der Waals surface area contributed by atoms with Crippen LogP contribution in [0.4, 0.5) is 5.69 Å². The van der Waals surface area contributed by atoms with E-state index in [2.05, 4.69) is 15.6 Å². The van der Waals surface area contributed by atoms with Crippen LogP contribution in [-0.4, -0.2) is 26.0 Å². The van der Waals surface area contributed by atoms with Crippen LogP contribution in [0.1, 0.15) is 26.5 Å². The summed E-state index contributed by atoms with van der Waals surface area (Å²) in [7, 11) is 0. The molecule has 0 aliphatic rings. The van der Waals surface area contributed by atoms with Crippen molar-refractivity contribution in [2.45, 2.75) is 20.1 Å². The van der Waals surface area contributed by atoms with Crippen LogP contribution in [0.2, 0.25) is 0 Å². The minimum absolute atomic E-state index is 0.0693. The Morgan fingerprint density at radius 1 is 1.39 bits per heavy atom. The SMILES string of the molecule is Cc1ccc(CO)cc1NC(=O)c1cn(Cc2cccs2)nn1. The van der Waals surface area contributed by atoms with E-state index in [0.717, 1.165) is 16.0 Å². The fourth-order valence-electron chi connectivity index (χ4n) is 2.13. The van der Waals surface area contributed by atoms with E-state index in [1.54, 1.807) is 28.3 Å². The number of hydrogen-bond acceptors (Lipinski definition) is 5. The van der Waals surface area contributed by atoms with Crippen LogP contribution in [-0.2, 0) is 13.2 Å². The molecule has 2 N–H and O–H groups in total. The molecule has 1 amide bonds. The summed E-state index contributed by atoms with van der Waals surface area (Å²) in [6.45, 7) is 2.42. The largest absolute Gasteiger partial charge is 0.392 e. The minimum Gasteiger partial charge on any atom is -0.392 e. The first-order valence-electron chi connectivity index (χ1n) is 7.10. The van der Waals surface area contributed by atoms with Gasteiger partial charge in [0.15, 0.2) is 5.69 Å². The van der Waals surface area contributed by atoms with E-state index in [4.69, 9.17) is 0 Å². The van der Waals surface area contributed by atoms with Gasteiger partial charge in [-0.1, -0.05) is 23.4 Å². The zero-order chi connectivity index (χ0) is 16.2. The van der Waals surface area contributed by atoms with E-state index >= 15 is 0 Å². The smallest absolute Gasteiger partial charge is 0.277 e. The number of aliphatic hydroxyl groups excluding tert-OH is 1. The number of anilines is 1. The van der Waals surface area contributed by atoms with Gasteiger partial charge in [0.2, 0.25) is 0 Å². The van der Waals surface area contributed by atoms with E-state index in [1.807, 2.05) is 36.6 Å². The molecule has 2 aromatic heterocycles. The highest BCUT2D eigenvalue weighted by Crippen LogP contribution is 2.18. The Hall–Kier alpha value is -2.51. The molecule has 0 radical (unpaired) electrons. The molecule has 6 nitrogen and oxygen atoms in total. The number of thiophene rings is 1. The first-order valence-corrected chi connectivity index (χ1v) is 7.98. The summed E-state index contributed by atoms with van der Waals surface area (Å²) in [5.74, 6) is -0.319. The molecule has 0 aliphatic carbocycles. The number of rotatable bonds is 5. The Kier molecular flexibility index (Phi) is 4.50. The number of nitrogens with zero attached hydrogens (tertiary/aromatic N) is 3. The lowest BCUT2D eigenvalue weighted by Crippen LogP contribution is -2.13. The van der Waals surface area contributed by atoms with Crippen molar-refractivity contribution in [3.63, 3.8) is 0 Å². The lowest BCUT2D eigenvalue weighted by Gasteiger charge is -2.08. The monoisotopic (exact) mass is 328 g/mol. The van der Waals surface area contributed by atoms with Gasteiger partial charge in [-0.25, -0.2) is 4.68 Å². The fraction of sp³-hybridized carbons (Fsp3) is 0.188. The third-order valence-electron chi connectivity index (χ3n) is 3.40. The molecule has 7 heteroatoms. The Morgan fingerprint density at radius 2 is 2.26 bits per heavy atom. The maximum absolute atomic E-state index is 12.3. The van der Waals surface area contributed by atoms with E-state index in [9.17, 15) is 9.90 Å². The van der Waals surface area contributed by atoms with Crippen LogP contribution in [0.3, 0.4) is 0 Å². The predicted octanol–water partition coefficient (Wildman–Crippen LogP) is 2.44. The van der Waals surface area contributed by atoms with Gasteiger partial charge in [0.1, 0.15) is 0 Å². The molecule has 0 aliphatic heterocycles. The van der Waals surface area contributed by atoms with Crippen molar-refractivity contribution in [2.75, 3.05) is 5.32 Å². The lowest BCUT2D eigenvalue weighted by atomic mass is 10.1. The van der Waals surface area contributed by atoms with Crippen molar-refractivity contribution >= 4 is 22.9 Å². The number of nitrogens with one attached hydrogen (secondary N) is 1. The van der Waals surface area contributed by atoms with Gasteiger partial charge in [-0.3, -0.25) is 4.79 Å². The molecular formula is C16H16N4O2S. The van der Waals surface area contributed by atoms with Gasteiger partial charge in [0, 0.05) is 10.6 Å². The maximum atomic E-state index is 12.3. The van der Waals surface area contributed by atoms with Gasteiger partial charge >= 0.3 is 0 Å². The summed E-state index contributed by atoms with van der Waals surface area (Å²) in [5, 5.41) is 21.9. The average molecular weight is 328 g/mol. The summed E-state index contributed by atoms with van der Waals surface area (Å²) in [4.78, 5) is 13.4. The normalized spacial score (nSPS) is 10.7. The molecule has 0 unspecified atom stereocenters. The third kappa shape index (κ3) is 3.64. The van der Waals surface area contributed by atoms with Gasteiger partial charge in [0.05, 0.1) is 19.3 Å². The third-order valence-corrected chi connectivity index (χ3v) is 4.26. The maximum Gasteiger partial charge on any atom is 0.277 e. The Balaban J connectivity index is 1.72. The lowest BCUT2D eigenvalue weighted by molar-refractivity contribution is 0.102. The van der Waals surface area contributed by atoms with Crippen LogP contribution in [0, 0.1) is 6.92 Å². The first-order chi connectivity index (χ1) is 11.2.